The number of piperidine rings is 1. The summed E-state index contributed by atoms with van der Waals surface area (Å²) in [6, 6.07) is 9.43. The van der Waals surface area contributed by atoms with Crippen molar-refractivity contribution in [3.05, 3.63) is 30.3 Å². The highest BCUT2D eigenvalue weighted by Crippen LogP contribution is 2.24. The molecule has 1 saturated heterocycles. The molecule has 0 spiro atoms. The minimum absolute atomic E-state index is 0.0403. The summed E-state index contributed by atoms with van der Waals surface area (Å²) >= 11 is 0. The number of rotatable bonds is 6. The Morgan fingerprint density at radius 1 is 1.00 bits per heavy atom. The summed E-state index contributed by atoms with van der Waals surface area (Å²) in [6.07, 6.45) is 7.61. The van der Waals surface area contributed by atoms with Crippen LogP contribution in [0.15, 0.2) is 30.3 Å². The number of amides is 2. The molecular weight excluding hydrogens is 328 g/mol. The van der Waals surface area contributed by atoms with Crippen molar-refractivity contribution >= 4 is 11.8 Å². The fourth-order valence-corrected chi connectivity index (χ4v) is 3.89. The molecule has 142 valence electrons. The van der Waals surface area contributed by atoms with Gasteiger partial charge in [0.1, 0.15) is 5.75 Å². The second-order valence-electron chi connectivity index (χ2n) is 7.51. The van der Waals surface area contributed by atoms with E-state index in [1.165, 1.54) is 19.3 Å². The van der Waals surface area contributed by atoms with Crippen molar-refractivity contribution in [3.63, 3.8) is 0 Å². The van der Waals surface area contributed by atoms with Crippen LogP contribution < -0.4 is 10.1 Å². The standard InChI is InChI=1S/C21H30N2O3/c24-20(16-26-19-9-5-2-6-10-19)23-13-11-17(12-14-23)15-22-21(25)18-7-3-1-4-8-18/h2,5-6,9-10,17-18H,1,3-4,7-8,11-16H2,(H,22,25). The van der Waals surface area contributed by atoms with E-state index >= 15 is 0 Å². The van der Waals surface area contributed by atoms with Crippen molar-refractivity contribution in [1.29, 1.82) is 0 Å². The third-order valence-electron chi connectivity index (χ3n) is 5.61. The lowest BCUT2D eigenvalue weighted by molar-refractivity contribution is -0.135. The monoisotopic (exact) mass is 358 g/mol. The molecule has 1 aromatic carbocycles. The van der Waals surface area contributed by atoms with Gasteiger partial charge in [-0.25, -0.2) is 0 Å². The van der Waals surface area contributed by atoms with Crippen molar-refractivity contribution in [2.45, 2.75) is 44.9 Å². The molecule has 26 heavy (non-hydrogen) atoms. The number of nitrogens with zero attached hydrogens (tertiary/aromatic N) is 1. The van der Waals surface area contributed by atoms with Crippen LogP contribution in [0.3, 0.4) is 0 Å². The Balaban J connectivity index is 1.33. The molecule has 2 aliphatic rings. The van der Waals surface area contributed by atoms with E-state index in [2.05, 4.69) is 5.32 Å². The summed E-state index contributed by atoms with van der Waals surface area (Å²) in [5.41, 5.74) is 0. The highest BCUT2D eigenvalue weighted by atomic mass is 16.5. The quantitative estimate of drug-likeness (QED) is 0.850. The Bertz CT molecular complexity index is 576. The van der Waals surface area contributed by atoms with Crippen LogP contribution >= 0.6 is 0 Å². The van der Waals surface area contributed by atoms with Gasteiger partial charge in [0.15, 0.2) is 6.61 Å². The molecule has 0 unspecified atom stereocenters. The maximum absolute atomic E-state index is 12.3. The smallest absolute Gasteiger partial charge is 0.260 e. The largest absolute Gasteiger partial charge is 0.484 e. The van der Waals surface area contributed by atoms with Crippen LogP contribution in [-0.4, -0.2) is 43.0 Å². The van der Waals surface area contributed by atoms with E-state index in [4.69, 9.17) is 4.74 Å². The van der Waals surface area contributed by atoms with E-state index in [1.807, 2.05) is 35.2 Å². The maximum Gasteiger partial charge on any atom is 0.260 e. The summed E-state index contributed by atoms with van der Waals surface area (Å²) in [6.45, 7) is 2.34. The Labute approximate surface area is 156 Å². The molecule has 0 aromatic heterocycles. The second-order valence-corrected chi connectivity index (χ2v) is 7.51. The Morgan fingerprint density at radius 2 is 1.69 bits per heavy atom. The SMILES string of the molecule is O=C(NCC1CCN(C(=O)COc2ccccc2)CC1)C1CCCCC1. The van der Waals surface area contributed by atoms with Gasteiger partial charge in [-0.3, -0.25) is 9.59 Å². The van der Waals surface area contributed by atoms with E-state index < -0.39 is 0 Å². The van der Waals surface area contributed by atoms with E-state index in [0.717, 1.165) is 51.1 Å². The molecule has 2 fully saturated rings. The highest BCUT2D eigenvalue weighted by molar-refractivity contribution is 5.79. The van der Waals surface area contributed by atoms with Crippen LogP contribution in [-0.2, 0) is 9.59 Å². The van der Waals surface area contributed by atoms with Gasteiger partial charge < -0.3 is 15.0 Å². The maximum atomic E-state index is 12.3. The molecule has 0 radical (unpaired) electrons. The van der Waals surface area contributed by atoms with Gasteiger partial charge in [-0.2, -0.15) is 0 Å². The van der Waals surface area contributed by atoms with Gasteiger partial charge in [-0.1, -0.05) is 37.5 Å². The topological polar surface area (TPSA) is 58.6 Å². The van der Waals surface area contributed by atoms with E-state index in [0.29, 0.717) is 5.92 Å². The molecule has 1 heterocycles. The summed E-state index contributed by atoms with van der Waals surface area (Å²) in [5, 5.41) is 3.15. The Kier molecular flexibility index (Phi) is 6.92. The second kappa shape index (κ2) is 9.60. The number of hydrogen-bond donors (Lipinski definition) is 1. The molecule has 1 N–H and O–H groups in total. The fraction of sp³-hybridized carbons (Fsp3) is 0.619. The summed E-state index contributed by atoms with van der Waals surface area (Å²) in [4.78, 5) is 26.4. The van der Waals surface area contributed by atoms with Gasteiger partial charge in [0.2, 0.25) is 5.91 Å². The summed E-state index contributed by atoms with van der Waals surface area (Å²) < 4.78 is 5.55. The molecular formula is C21H30N2O3. The predicted octanol–water partition coefficient (Wildman–Crippen LogP) is 3.00. The van der Waals surface area contributed by atoms with Crippen LogP contribution in [0.25, 0.3) is 0 Å². The van der Waals surface area contributed by atoms with Crippen molar-refractivity contribution in [2.75, 3.05) is 26.2 Å². The van der Waals surface area contributed by atoms with Crippen molar-refractivity contribution in [1.82, 2.24) is 10.2 Å². The van der Waals surface area contributed by atoms with Crippen LogP contribution in [0, 0.1) is 11.8 Å². The van der Waals surface area contributed by atoms with Crippen LogP contribution in [0.4, 0.5) is 0 Å². The zero-order valence-corrected chi connectivity index (χ0v) is 15.5. The zero-order valence-electron chi connectivity index (χ0n) is 15.5. The van der Waals surface area contributed by atoms with Gasteiger partial charge in [-0.15, -0.1) is 0 Å². The average Bonchev–Trinajstić information content (AvgIpc) is 2.72. The van der Waals surface area contributed by atoms with E-state index in [-0.39, 0.29) is 24.3 Å². The van der Waals surface area contributed by atoms with Gasteiger partial charge in [-0.05, 0) is 43.7 Å². The molecule has 1 aromatic rings. The number of carbonyl (C=O) groups is 2. The van der Waals surface area contributed by atoms with Gasteiger partial charge in [0.25, 0.3) is 5.91 Å². The third kappa shape index (κ3) is 5.48. The lowest BCUT2D eigenvalue weighted by Gasteiger charge is -2.32. The van der Waals surface area contributed by atoms with Crippen LogP contribution in [0.1, 0.15) is 44.9 Å². The Morgan fingerprint density at radius 3 is 2.38 bits per heavy atom. The first-order valence-electron chi connectivity index (χ1n) is 9.95. The number of ether oxygens (including phenoxy) is 1. The minimum atomic E-state index is 0.0403. The molecule has 1 saturated carbocycles. The molecule has 1 aliphatic heterocycles. The average molecular weight is 358 g/mol. The molecule has 0 bridgehead atoms. The van der Waals surface area contributed by atoms with E-state index in [1.54, 1.807) is 0 Å². The van der Waals surface area contributed by atoms with E-state index in [9.17, 15) is 9.59 Å². The van der Waals surface area contributed by atoms with Crippen molar-refractivity contribution in [2.24, 2.45) is 11.8 Å². The lowest BCUT2D eigenvalue weighted by Crippen LogP contribution is -2.44. The van der Waals surface area contributed by atoms with Crippen LogP contribution in [0.2, 0.25) is 0 Å². The highest BCUT2D eigenvalue weighted by Gasteiger charge is 2.25. The molecule has 1 aliphatic carbocycles. The number of nitrogens with one attached hydrogen (secondary N) is 1. The predicted molar refractivity (Wildman–Crippen MR) is 101 cm³/mol. The van der Waals surface area contributed by atoms with Crippen molar-refractivity contribution in [3.8, 4) is 5.75 Å². The van der Waals surface area contributed by atoms with Gasteiger partial charge in [0, 0.05) is 25.6 Å². The number of hydrogen-bond acceptors (Lipinski definition) is 3. The van der Waals surface area contributed by atoms with Crippen molar-refractivity contribution < 1.29 is 14.3 Å². The molecule has 5 heteroatoms. The first kappa shape index (κ1) is 18.7. The molecule has 2 amide bonds. The van der Waals surface area contributed by atoms with Crippen LogP contribution in [0.5, 0.6) is 5.75 Å². The normalized spacial score (nSPS) is 19.2. The molecule has 0 atom stereocenters. The molecule has 3 rings (SSSR count). The minimum Gasteiger partial charge on any atom is -0.484 e. The Hall–Kier alpha value is -2.04. The first-order valence-corrected chi connectivity index (χ1v) is 9.95. The third-order valence-corrected chi connectivity index (χ3v) is 5.61. The number of carbonyl (C=O) groups excluding carboxylic acids is 2. The zero-order chi connectivity index (χ0) is 18.2. The van der Waals surface area contributed by atoms with Gasteiger partial charge in [0.05, 0.1) is 0 Å². The first-order chi connectivity index (χ1) is 12.7. The number of para-hydroxylation sites is 1. The number of likely N-dealkylation sites (tertiary alicyclic amines) is 1. The summed E-state index contributed by atoms with van der Waals surface area (Å²) in [7, 11) is 0. The lowest BCUT2D eigenvalue weighted by atomic mass is 9.88. The van der Waals surface area contributed by atoms with Gasteiger partial charge >= 0.3 is 0 Å². The summed E-state index contributed by atoms with van der Waals surface area (Å²) in [5.74, 6) is 1.70. The fourth-order valence-electron chi connectivity index (χ4n) is 3.89. The molecule has 5 nitrogen and oxygen atoms in total. The number of benzene rings is 1.